The average molecular weight is 425 g/mol. The molecule has 0 aliphatic carbocycles. The molecule has 0 bridgehead atoms. The van der Waals surface area contributed by atoms with Crippen LogP contribution in [0.2, 0.25) is 5.02 Å². The van der Waals surface area contributed by atoms with Crippen molar-refractivity contribution in [1.29, 1.82) is 0 Å². The maximum Gasteiger partial charge on any atom is 0.220 e. The Hall–Kier alpha value is -2.77. The van der Waals surface area contributed by atoms with Gasteiger partial charge < -0.3 is 5.73 Å². The SMILES string of the molecule is NC(=O)C1CCN(C(c2ccc(Cl)cc2)c2nnnn2CCc2ccccc2)CC1. The Labute approximate surface area is 180 Å². The molecule has 30 heavy (non-hydrogen) atoms. The van der Waals surface area contributed by atoms with Gasteiger partial charge >= 0.3 is 0 Å². The first-order chi connectivity index (χ1) is 14.6. The predicted octanol–water partition coefficient (Wildman–Crippen LogP) is 2.86. The minimum absolute atomic E-state index is 0.0683. The van der Waals surface area contributed by atoms with Crippen molar-refractivity contribution in [2.45, 2.75) is 31.8 Å². The standard InChI is InChI=1S/C22H25ClN6O/c23-19-8-6-17(7-9-19)20(28-13-11-18(12-14-28)21(24)30)22-25-26-27-29(22)15-10-16-4-2-1-3-5-16/h1-9,18,20H,10-15H2,(H2,24,30). The summed E-state index contributed by atoms with van der Waals surface area (Å²) in [5.74, 6) is 0.511. The molecule has 156 valence electrons. The number of carbonyl (C=O) groups is 1. The minimum Gasteiger partial charge on any atom is -0.369 e. The Balaban J connectivity index is 1.60. The van der Waals surface area contributed by atoms with E-state index >= 15 is 0 Å². The molecule has 8 heteroatoms. The summed E-state index contributed by atoms with van der Waals surface area (Å²) >= 11 is 6.12. The molecule has 3 aromatic rings. The zero-order valence-electron chi connectivity index (χ0n) is 16.7. The normalized spacial score (nSPS) is 16.4. The summed E-state index contributed by atoms with van der Waals surface area (Å²) in [6.07, 6.45) is 2.33. The van der Waals surface area contributed by atoms with Gasteiger partial charge in [0.05, 0.1) is 6.04 Å². The molecule has 0 radical (unpaired) electrons. The lowest BCUT2D eigenvalue weighted by Crippen LogP contribution is -2.41. The fourth-order valence-electron chi connectivity index (χ4n) is 4.06. The summed E-state index contributed by atoms with van der Waals surface area (Å²) in [4.78, 5) is 13.9. The number of aryl methyl sites for hydroxylation is 2. The molecule has 0 spiro atoms. The van der Waals surface area contributed by atoms with Crippen LogP contribution in [0, 0.1) is 5.92 Å². The highest BCUT2D eigenvalue weighted by atomic mass is 35.5. The van der Waals surface area contributed by atoms with Gasteiger partial charge in [0.25, 0.3) is 0 Å². The summed E-state index contributed by atoms with van der Waals surface area (Å²) in [6, 6.07) is 18.0. The molecule has 1 aromatic heterocycles. The minimum atomic E-state index is -0.217. The van der Waals surface area contributed by atoms with E-state index in [9.17, 15) is 4.79 Å². The second kappa shape index (κ2) is 9.36. The Morgan fingerprint density at radius 2 is 1.80 bits per heavy atom. The van der Waals surface area contributed by atoms with Crippen molar-refractivity contribution in [3.8, 4) is 0 Å². The molecular formula is C22H25ClN6O. The van der Waals surface area contributed by atoms with E-state index in [2.05, 4.69) is 32.6 Å². The van der Waals surface area contributed by atoms with Crippen molar-refractivity contribution in [2.24, 2.45) is 11.7 Å². The van der Waals surface area contributed by atoms with Crippen LogP contribution in [0.15, 0.2) is 54.6 Å². The van der Waals surface area contributed by atoms with Crippen LogP contribution >= 0.6 is 11.6 Å². The number of halogens is 1. The molecule has 2 heterocycles. The van der Waals surface area contributed by atoms with E-state index in [0.717, 1.165) is 43.7 Å². The van der Waals surface area contributed by atoms with E-state index in [1.165, 1.54) is 5.56 Å². The van der Waals surface area contributed by atoms with Crippen LogP contribution in [0.4, 0.5) is 0 Å². The Bertz CT molecular complexity index is 967. The van der Waals surface area contributed by atoms with Gasteiger partial charge in [-0.3, -0.25) is 9.69 Å². The molecule has 4 rings (SSSR count). The van der Waals surface area contributed by atoms with Crippen molar-refractivity contribution < 1.29 is 4.79 Å². The van der Waals surface area contributed by atoms with Gasteiger partial charge in [-0.25, -0.2) is 4.68 Å². The smallest absolute Gasteiger partial charge is 0.220 e. The van der Waals surface area contributed by atoms with E-state index in [1.807, 2.05) is 47.1 Å². The van der Waals surface area contributed by atoms with Gasteiger partial charge in [-0.15, -0.1) is 5.10 Å². The zero-order valence-corrected chi connectivity index (χ0v) is 17.4. The van der Waals surface area contributed by atoms with Gasteiger partial charge in [0.15, 0.2) is 5.82 Å². The predicted molar refractivity (Wildman–Crippen MR) is 115 cm³/mol. The first-order valence-corrected chi connectivity index (χ1v) is 10.6. The van der Waals surface area contributed by atoms with E-state index in [4.69, 9.17) is 17.3 Å². The van der Waals surface area contributed by atoms with Crippen LogP contribution in [0.3, 0.4) is 0 Å². The monoisotopic (exact) mass is 424 g/mol. The molecule has 1 atom stereocenters. The lowest BCUT2D eigenvalue weighted by atomic mass is 9.93. The Morgan fingerprint density at radius 3 is 2.47 bits per heavy atom. The highest BCUT2D eigenvalue weighted by Crippen LogP contribution is 2.32. The van der Waals surface area contributed by atoms with Crippen molar-refractivity contribution in [2.75, 3.05) is 13.1 Å². The summed E-state index contributed by atoms with van der Waals surface area (Å²) < 4.78 is 1.88. The van der Waals surface area contributed by atoms with E-state index in [0.29, 0.717) is 11.6 Å². The third-order valence-electron chi connectivity index (χ3n) is 5.74. The quantitative estimate of drug-likeness (QED) is 0.629. The number of nitrogens with two attached hydrogens (primary N) is 1. The lowest BCUT2D eigenvalue weighted by molar-refractivity contribution is -0.123. The summed E-state index contributed by atoms with van der Waals surface area (Å²) in [5.41, 5.74) is 7.84. The number of aromatic nitrogens is 4. The zero-order chi connectivity index (χ0) is 20.9. The molecule has 1 unspecified atom stereocenters. The first-order valence-electron chi connectivity index (χ1n) is 10.2. The topological polar surface area (TPSA) is 89.9 Å². The molecule has 2 N–H and O–H groups in total. The summed E-state index contributed by atoms with van der Waals surface area (Å²) in [7, 11) is 0. The Kier molecular flexibility index (Phi) is 6.40. The molecule has 1 aliphatic heterocycles. The number of amides is 1. The number of hydrogen-bond acceptors (Lipinski definition) is 5. The summed E-state index contributed by atoms with van der Waals surface area (Å²) in [5, 5.41) is 13.3. The van der Waals surface area contributed by atoms with Crippen molar-refractivity contribution in [3.05, 3.63) is 76.6 Å². The van der Waals surface area contributed by atoms with Gasteiger partial charge in [0, 0.05) is 17.5 Å². The molecule has 1 saturated heterocycles. The highest BCUT2D eigenvalue weighted by Gasteiger charge is 2.32. The number of hydrogen-bond donors (Lipinski definition) is 1. The van der Waals surface area contributed by atoms with Gasteiger partial charge in [-0.1, -0.05) is 54.1 Å². The van der Waals surface area contributed by atoms with Crippen LogP contribution in [-0.2, 0) is 17.8 Å². The van der Waals surface area contributed by atoms with Crippen molar-refractivity contribution in [1.82, 2.24) is 25.1 Å². The maximum absolute atomic E-state index is 11.6. The van der Waals surface area contributed by atoms with Gasteiger partial charge in [0.1, 0.15) is 0 Å². The molecule has 2 aromatic carbocycles. The van der Waals surface area contributed by atoms with Gasteiger partial charge in [0.2, 0.25) is 5.91 Å². The second-order valence-electron chi connectivity index (χ2n) is 7.66. The molecular weight excluding hydrogens is 400 g/mol. The first kappa shape index (κ1) is 20.5. The number of tetrazole rings is 1. The molecule has 7 nitrogen and oxygen atoms in total. The fourth-order valence-corrected chi connectivity index (χ4v) is 4.18. The molecule has 0 saturated carbocycles. The van der Waals surface area contributed by atoms with Gasteiger partial charge in [-0.2, -0.15) is 0 Å². The largest absolute Gasteiger partial charge is 0.369 e. The molecule has 1 amide bonds. The number of primary amides is 1. The van der Waals surface area contributed by atoms with Crippen LogP contribution in [0.1, 0.15) is 35.8 Å². The van der Waals surface area contributed by atoms with Gasteiger partial charge in [-0.05, 0) is 66.0 Å². The third kappa shape index (κ3) is 4.68. The van der Waals surface area contributed by atoms with E-state index in [-0.39, 0.29) is 17.9 Å². The third-order valence-corrected chi connectivity index (χ3v) is 5.99. The number of piperidine rings is 1. The Morgan fingerprint density at radius 1 is 1.10 bits per heavy atom. The number of benzene rings is 2. The van der Waals surface area contributed by atoms with Crippen LogP contribution in [0.5, 0.6) is 0 Å². The second-order valence-corrected chi connectivity index (χ2v) is 8.10. The number of rotatable bonds is 7. The number of nitrogens with zero attached hydrogens (tertiary/aromatic N) is 5. The van der Waals surface area contributed by atoms with Crippen LogP contribution in [0.25, 0.3) is 0 Å². The fraction of sp³-hybridized carbons (Fsp3) is 0.364. The van der Waals surface area contributed by atoms with Crippen molar-refractivity contribution in [3.63, 3.8) is 0 Å². The van der Waals surface area contributed by atoms with E-state index < -0.39 is 0 Å². The number of likely N-dealkylation sites (tertiary alicyclic amines) is 1. The van der Waals surface area contributed by atoms with Crippen LogP contribution in [-0.4, -0.2) is 44.1 Å². The van der Waals surface area contributed by atoms with Crippen LogP contribution < -0.4 is 5.73 Å². The average Bonchev–Trinajstić information content (AvgIpc) is 3.23. The van der Waals surface area contributed by atoms with Crippen molar-refractivity contribution >= 4 is 17.5 Å². The highest BCUT2D eigenvalue weighted by molar-refractivity contribution is 6.30. The van der Waals surface area contributed by atoms with E-state index in [1.54, 1.807) is 0 Å². The summed E-state index contributed by atoms with van der Waals surface area (Å²) in [6.45, 7) is 2.20. The molecule has 1 aliphatic rings. The lowest BCUT2D eigenvalue weighted by Gasteiger charge is -2.36. The number of carbonyl (C=O) groups excluding carboxylic acids is 1. The molecule has 1 fully saturated rings. The maximum atomic E-state index is 11.6.